The first kappa shape index (κ1) is 31.5. The molecule has 2 aromatic carbocycles. The number of aromatic nitrogens is 3. The van der Waals surface area contributed by atoms with Crippen LogP contribution in [0.1, 0.15) is 32.1 Å². The fourth-order valence-electron chi connectivity index (χ4n) is 5.89. The number of carbonyl (C=O) groups is 1. The first-order valence-electron chi connectivity index (χ1n) is 14.9. The van der Waals surface area contributed by atoms with E-state index in [-0.39, 0.29) is 27.9 Å². The summed E-state index contributed by atoms with van der Waals surface area (Å²) in [5.74, 6) is 0.304. The van der Waals surface area contributed by atoms with Crippen LogP contribution >= 0.6 is 35.0 Å². The zero-order valence-electron chi connectivity index (χ0n) is 24.8. The second kappa shape index (κ2) is 13.5. The Bertz CT molecular complexity index is 1680. The quantitative estimate of drug-likeness (QED) is 0.138. The molecular weight excluding hydrogens is 633 g/mol. The number of benzene rings is 2. The Balaban J connectivity index is 1.46. The van der Waals surface area contributed by atoms with Crippen LogP contribution in [0, 0.1) is 0 Å². The third kappa shape index (κ3) is 6.86. The van der Waals surface area contributed by atoms with Crippen molar-refractivity contribution in [3.8, 4) is 16.9 Å². The highest BCUT2D eigenvalue weighted by molar-refractivity contribution is 7.98. The normalized spacial score (nSPS) is 17.3. The molecule has 45 heavy (non-hydrogen) atoms. The summed E-state index contributed by atoms with van der Waals surface area (Å²) in [4.78, 5) is 30.8. The summed E-state index contributed by atoms with van der Waals surface area (Å²) in [5.41, 5.74) is 10.5. The van der Waals surface area contributed by atoms with Gasteiger partial charge in [-0.25, -0.2) is 14.8 Å². The lowest BCUT2D eigenvalue weighted by Crippen LogP contribution is -2.43. The van der Waals surface area contributed by atoms with Crippen molar-refractivity contribution in [1.82, 2.24) is 15.0 Å². The van der Waals surface area contributed by atoms with Crippen molar-refractivity contribution < 1.29 is 15.0 Å². The Kier molecular flexibility index (Phi) is 9.41. The standard InChI is InChI=1S/C32H35Cl2N7O3S/c1-45-10-8-27(31(43)44)41(22-5-6-22)28-16-36-26-7-4-18(19-12-24(33)30(42)25(34)13-19)11-23(26)29(28)39-21-14-37-32(38-15-21)40-9-2-3-20(35)17-40/h4,7,11-16,20,22,27,42H,2-3,5-6,8-10,17,35H2,1H3,(H,36,39)(H,43,44)/t20?,27-/m0/s1. The fourth-order valence-corrected chi connectivity index (χ4v) is 6.83. The maximum atomic E-state index is 12.7. The number of aliphatic carboxylic acids is 1. The van der Waals surface area contributed by atoms with E-state index >= 15 is 0 Å². The number of phenolic OH excluding ortho intramolecular Hbond substituents is 1. The van der Waals surface area contributed by atoms with Crippen LogP contribution in [0.15, 0.2) is 48.9 Å². The van der Waals surface area contributed by atoms with E-state index in [9.17, 15) is 15.0 Å². The molecule has 1 unspecified atom stereocenters. The van der Waals surface area contributed by atoms with E-state index in [4.69, 9.17) is 33.9 Å². The highest BCUT2D eigenvalue weighted by Crippen LogP contribution is 2.44. The van der Waals surface area contributed by atoms with Gasteiger partial charge in [0.2, 0.25) is 5.95 Å². The number of piperidine rings is 1. The molecule has 1 aliphatic heterocycles. The summed E-state index contributed by atoms with van der Waals surface area (Å²) in [6.45, 7) is 1.57. The molecular formula is C32H35Cl2N7O3S. The SMILES string of the molecule is CSCC[C@@H](C(=O)O)N(c1cnc2ccc(-c3cc(Cl)c(O)c(Cl)c3)cc2c1Nc1cnc(N2CCCC(N)C2)nc1)C1CC1. The fraction of sp³-hybridized carbons (Fsp3) is 0.375. The minimum absolute atomic E-state index is 0.0904. The number of anilines is 4. The Morgan fingerprint density at radius 2 is 1.84 bits per heavy atom. The van der Waals surface area contributed by atoms with Crippen LogP contribution < -0.4 is 20.9 Å². The molecule has 2 atom stereocenters. The van der Waals surface area contributed by atoms with E-state index in [1.165, 1.54) is 0 Å². The second-order valence-corrected chi connectivity index (χ2v) is 13.4. The molecule has 1 aliphatic carbocycles. The number of halogens is 2. The number of fused-ring (bicyclic) bond motifs is 1. The van der Waals surface area contributed by atoms with Gasteiger partial charge in [-0.05, 0) is 79.5 Å². The van der Waals surface area contributed by atoms with Gasteiger partial charge in [-0.15, -0.1) is 0 Å². The third-order valence-corrected chi connectivity index (χ3v) is 9.50. The van der Waals surface area contributed by atoms with Crippen LogP contribution in [-0.4, -0.2) is 74.4 Å². The van der Waals surface area contributed by atoms with Gasteiger partial charge in [0, 0.05) is 30.6 Å². The van der Waals surface area contributed by atoms with Gasteiger partial charge in [0.15, 0.2) is 5.75 Å². The molecule has 0 radical (unpaired) electrons. The van der Waals surface area contributed by atoms with Crippen molar-refractivity contribution in [2.75, 3.05) is 40.2 Å². The predicted octanol–water partition coefficient (Wildman–Crippen LogP) is 6.55. The molecule has 236 valence electrons. The summed E-state index contributed by atoms with van der Waals surface area (Å²) >= 11 is 14.2. The zero-order valence-corrected chi connectivity index (χ0v) is 27.1. The van der Waals surface area contributed by atoms with Gasteiger partial charge in [-0.3, -0.25) is 4.98 Å². The number of carboxylic acid groups (broad SMARTS) is 1. The van der Waals surface area contributed by atoms with E-state index in [0.717, 1.165) is 48.7 Å². The van der Waals surface area contributed by atoms with Crippen molar-refractivity contribution in [3.05, 3.63) is 59.0 Å². The molecule has 1 saturated heterocycles. The van der Waals surface area contributed by atoms with Crippen LogP contribution in [-0.2, 0) is 4.79 Å². The van der Waals surface area contributed by atoms with Crippen molar-refractivity contribution in [3.63, 3.8) is 0 Å². The Hall–Kier alpha value is -3.51. The summed E-state index contributed by atoms with van der Waals surface area (Å²) in [5, 5.41) is 25.1. The number of aromatic hydroxyl groups is 1. The largest absolute Gasteiger partial charge is 0.505 e. The maximum Gasteiger partial charge on any atom is 0.326 e. The molecule has 1 saturated carbocycles. The number of carboxylic acids is 1. The lowest BCUT2D eigenvalue weighted by molar-refractivity contribution is -0.138. The van der Waals surface area contributed by atoms with Crippen molar-refractivity contribution in [1.29, 1.82) is 0 Å². The smallest absolute Gasteiger partial charge is 0.326 e. The molecule has 13 heteroatoms. The van der Waals surface area contributed by atoms with Gasteiger partial charge in [-0.1, -0.05) is 29.3 Å². The Labute approximate surface area is 276 Å². The molecule has 5 N–H and O–H groups in total. The van der Waals surface area contributed by atoms with Gasteiger partial charge in [-0.2, -0.15) is 11.8 Å². The highest BCUT2D eigenvalue weighted by atomic mass is 35.5. The number of hydrogen-bond donors (Lipinski definition) is 4. The van der Waals surface area contributed by atoms with E-state index in [2.05, 4.69) is 20.2 Å². The number of nitrogens with two attached hydrogens (primary N) is 1. The molecule has 2 aliphatic rings. The third-order valence-electron chi connectivity index (χ3n) is 8.28. The van der Waals surface area contributed by atoms with Gasteiger partial charge in [0.1, 0.15) is 6.04 Å². The number of nitrogens with one attached hydrogen (secondary N) is 1. The Morgan fingerprint density at radius 1 is 1.11 bits per heavy atom. The van der Waals surface area contributed by atoms with Crippen LogP contribution in [0.5, 0.6) is 5.75 Å². The monoisotopic (exact) mass is 667 g/mol. The number of rotatable bonds is 11. The molecule has 2 fully saturated rings. The van der Waals surface area contributed by atoms with Crippen molar-refractivity contribution in [2.24, 2.45) is 5.73 Å². The van der Waals surface area contributed by atoms with Gasteiger partial charge in [0.05, 0.1) is 51.2 Å². The molecule has 10 nitrogen and oxygen atoms in total. The van der Waals surface area contributed by atoms with Crippen molar-refractivity contribution in [2.45, 2.75) is 50.2 Å². The number of phenols is 1. The molecule has 4 aromatic rings. The minimum Gasteiger partial charge on any atom is -0.505 e. The zero-order chi connectivity index (χ0) is 31.7. The second-order valence-electron chi connectivity index (χ2n) is 11.6. The number of thioether (sulfide) groups is 1. The van der Waals surface area contributed by atoms with Crippen LogP contribution in [0.4, 0.5) is 23.0 Å². The summed E-state index contributed by atoms with van der Waals surface area (Å²) in [7, 11) is 0. The average Bonchev–Trinajstić information content (AvgIpc) is 3.87. The van der Waals surface area contributed by atoms with E-state index in [1.54, 1.807) is 42.5 Å². The van der Waals surface area contributed by atoms with Crippen LogP contribution in [0.3, 0.4) is 0 Å². The van der Waals surface area contributed by atoms with Crippen molar-refractivity contribution >= 4 is 74.8 Å². The average molecular weight is 669 g/mol. The topological polar surface area (TPSA) is 141 Å². The molecule has 3 heterocycles. The Morgan fingerprint density at radius 3 is 2.49 bits per heavy atom. The van der Waals surface area contributed by atoms with Gasteiger partial charge in [0.25, 0.3) is 0 Å². The number of nitrogens with zero attached hydrogens (tertiary/aromatic N) is 5. The lowest BCUT2D eigenvalue weighted by atomic mass is 10.0. The van der Waals surface area contributed by atoms with E-state index in [1.807, 2.05) is 29.4 Å². The minimum atomic E-state index is -0.864. The van der Waals surface area contributed by atoms with Crippen LogP contribution in [0.25, 0.3) is 22.0 Å². The number of hydrogen-bond acceptors (Lipinski definition) is 10. The predicted molar refractivity (Wildman–Crippen MR) is 184 cm³/mol. The molecule has 6 rings (SSSR count). The molecule has 0 bridgehead atoms. The number of pyridine rings is 1. The highest BCUT2D eigenvalue weighted by Gasteiger charge is 2.39. The molecule has 2 aromatic heterocycles. The molecule has 0 amide bonds. The summed E-state index contributed by atoms with van der Waals surface area (Å²) in [6.07, 6.45) is 11.5. The van der Waals surface area contributed by atoms with E-state index < -0.39 is 12.0 Å². The van der Waals surface area contributed by atoms with Gasteiger partial charge < -0.3 is 31.1 Å². The lowest BCUT2D eigenvalue weighted by Gasteiger charge is -2.33. The van der Waals surface area contributed by atoms with Crippen LogP contribution in [0.2, 0.25) is 10.0 Å². The first-order valence-corrected chi connectivity index (χ1v) is 17.1. The summed E-state index contributed by atoms with van der Waals surface area (Å²) in [6, 6.07) is 8.57. The maximum absolute atomic E-state index is 12.7. The molecule has 0 spiro atoms. The summed E-state index contributed by atoms with van der Waals surface area (Å²) < 4.78 is 0. The first-order chi connectivity index (χ1) is 21.7. The van der Waals surface area contributed by atoms with E-state index in [0.29, 0.717) is 47.2 Å². The van der Waals surface area contributed by atoms with Gasteiger partial charge >= 0.3 is 5.97 Å².